The van der Waals surface area contributed by atoms with Crippen molar-refractivity contribution in [1.29, 1.82) is 0 Å². The lowest BCUT2D eigenvalue weighted by Crippen LogP contribution is -2.19. The lowest BCUT2D eigenvalue weighted by atomic mass is 10.2. The third-order valence-electron chi connectivity index (χ3n) is 3.11. The van der Waals surface area contributed by atoms with Crippen LogP contribution in [0.3, 0.4) is 0 Å². The molecule has 0 aliphatic heterocycles. The van der Waals surface area contributed by atoms with E-state index in [2.05, 4.69) is 4.72 Å². The largest absolute Gasteiger partial charge is 0.457 e. The number of benzene rings is 2. The van der Waals surface area contributed by atoms with Crippen LogP contribution in [0.25, 0.3) is 0 Å². The van der Waals surface area contributed by atoms with Crippen LogP contribution in [-0.2, 0) is 21.4 Å². The van der Waals surface area contributed by atoms with Gasteiger partial charge in [-0.15, -0.1) is 0 Å². The van der Waals surface area contributed by atoms with Crippen molar-refractivity contribution in [1.82, 2.24) is 4.72 Å². The normalized spacial score (nSPS) is 11.3. The second-order valence-corrected chi connectivity index (χ2v) is 7.39. The number of hydrogen-bond acceptors (Lipinski definition) is 4. The summed E-state index contributed by atoms with van der Waals surface area (Å²) in [6, 6.07) is 7.46. The number of sulfonamides is 1. The summed E-state index contributed by atoms with van der Waals surface area (Å²) in [6.07, 6.45) is 0. The smallest absolute Gasteiger partial charge is 0.341 e. The van der Waals surface area contributed by atoms with Crippen molar-refractivity contribution in [2.75, 3.05) is 7.05 Å². The van der Waals surface area contributed by atoms with Crippen molar-refractivity contribution >= 4 is 39.2 Å². The standard InChI is InChI=1S/C15H12Cl2FNO4S/c1-19-24(21,22)11-4-5-14(18)12(7-11)15(20)23-8-9-2-3-10(16)6-13(9)17/h2-7,19H,8H2,1H3. The van der Waals surface area contributed by atoms with E-state index in [4.69, 9.17) is 27.9 Å². The van der Waals surface area contributed by atoms with Gasteiger partial charge >= 0.3 is 5.97 Å². The first kappa shape index (κ1) is 18.7. The van der Waals surface area contributed by atoms with E-state index in [0.29, 0.717) is 15.6 Å². The molecule has 2 aromatic rings. The van der Waals surface area contributed by atoms with Crippen molar-refractivity contribution < 1.29 is 22.3 Å². The van der Waals surface area contributed by atoms with Crippen molar-refractivity contribution in [3.63, 3.8) is 0 Å². The van der Waals surface area contributed by atoms with Gasteiger partial charge in [-0.1, -0.05) is 29.3 Å². The molecular formula is C15H12Cl2FNO4S. The van der Waals surface area contributed by atoms with E-state index < -0.39 is 27.4 Å². The minimum Gasteiger partial charge on any atom is -0.457 e. The average Bonchev–Trinajstić information content (AvgIpc) is 2.54. The van der Waals surface area contributed by atoms with Crippen molar-refractivity contribution in [3.8, 4) is 0 Å². The Balaban J connectivity index is 2.22. The molecule has 2 aromatic carbocycles. The third-order valence-corrected chi connectivity index (χ3v) is 5.11. The maximum absolute atomic E-state index is 13.8. The number of carbonyl (C=O) groups excluding carboxylic acids is 1. The van der Waals surface area contributed by atoms with Crippen LogP contribution >= 0.6 is 23.2 Å². The van der Waals surface area contributed by atoms with Gasteiger partial charge in [-0.3, -0.25) is 0 Å². The van der Waals surface area contributed by atoms with E-state index in [0.717, 1.165) is 18.2 Å². The van der Waals surface area contributed by atoms with Gasteiger partial charge in [0.15, 0.2) is 0 Å². The molecule has 0 aliphatic carbocycles. The summed E-state index contributed by atoms with van der Waals surface area (Å²) in [5.41, 5.74) is -0.00904. The summed E-state index contributed by atoms with van der Waals surface area (Å²) in [5.74, 6) is -1.90. The zero-order chi connectivity index (χ0) is 17.9. The molecular weight excluding hydrogens is 380 g/mol. The van der Waals surface area contributed by atoms with Gasteiger partial charge in [-0.2, -0.15) is 0 Å². The van der Waals surface area contributed by atoms with Crippen LogP contribution in [0.15, 0.2) is 41.3 Å². The molecule has 0 spiro atoms. The summed E-state index contributed by atoms with van der Waals surface area (Å²) in [5, 5.41) is 0.716. The molecule has 0 aliphatic rings. The maximum atomic E-state index is 13.8. The van der Waals surface area contributed by atoms with Crippen LogP contribution in [-0.4, -0.2) is 21.4 Å². The molecule has 0 bridgehead atoms. The van der Waals surface area contributed by atoms with Gasteiger partial charge in [-0.25, -0.2) is 22.3 Å². The molecule has 0 radical (unpaired) electrons. The predicted octanol–water partition coefficient (Wildman–Crippen LogP) is 3.40. The van der Waals surface area contributed by atoms with Crippen LogP contribution in [0.5, 0.6) is 0 Å². The lowest BCUT2D eigenvalue weighted by molar-refractivity contribution is 0.0467. The zero-order valence-electron chi connectivity index (χ0n) is 12.3. The second kappa shape index (κ2) is 7.48. The van der Waals surface area contributed by atoms with Gasteiger partial charge in [0.05, 0.1) is 10.5 Å². The Bertz CT molecular complexity index is 887. The van der Waals surface area contributed by atoms with Gasteiger partial charge < -0.3 is 4.74 Å². The molecule has 24 heavy (non-hydrogen) atoms. The van der Waals surface area contributed by atoms with Gasteiger partial charge in [-0.05, 0) is 37.4 Å². The molecule has 0 unspecified atom stereocenters. The van der Waals surface area contributed by atoms with Gasteiger partial charge in [0.25, 0.3) is 0 Å². The maximum Gasteiger partial charge on any atom is 0.341 e. The number of carbonyl (C=O) groups is 1. The highest BCUT2D eigenvalue weighted by molar-refractivity contribution is 7.89. The van der Waals surface area contributed by atoms with Crippen LogP contribution in [0.4, 0.5) is 4.39 Å². The van der Waals surface area contributed by atoms with E-state index in [1.165, 1.54) is 13.1 Å². The first-order chi connectivity index (χ1) is 11.2. The summed E-state index contributed by atoms with van der Waals surface area (Å²) in [4.78, 5) is 11.8. The molecule has 1 N–H and O–H groups in total. The number of esters is 1. The van der Waals surface area contributed by atoms with Crippen LogP contribution in [0.1, 0.15) is 15.9 Å². The Morgan fingerprint density at radius 1 is 1.21 bits per heavy atom. The van der Waals surface area contributed by atoms with Crippen molar-refractivity contribution in [3.05, 3.63) is 63.4 Å². The van der Waals surface area contributed by atoms with E-state index in [-0.39, 0.29) is 11.5 Å². The Labute approximate surface area is 148 Å². The van der Waals surface area contributed by atoms with Crippen LogP contribution in [0.2, 0.25) is 10.0 Å². The highest BCUT2D eigenvalue weighted by Crippen LogP contribution is 2.22. The summed E-state index contributed by atoms with van der Waals surface area (Å²) in [6.45, 7) is -0.211. The highest BCUT2D eigenvalue weighted by atomic mass is 35.5. The monoisotopic (exact) mass is 391 g/mol. The first-order valence-electron chi connectivity index (χ1n) is 6.59. The molecule has 0 heterocycles. The number of hydrogen-bond donors (Lipinski definition) is 1. The Morgan fingerprint density at radius 3 is 2.54 bits per heavy atom. The SMILES string of the molecule is CNS(=O)(=O)c1ccc(F)c(C(=O)OCc2ccc(Cl)cc2Cl)c1. The first-order valence-corrected chi connectivity index (χ1v) is 8.82. The fourth-order valence-corrected chi connectivity index (χ4v) is 3.02. The van der Waals surface area contributed by atoms with Crippen molar-refractivity contribution in [2.45, 2.75) is 11.5 Å². The van der Waals surface area contributed by atoms with Gasteiger partial charge in [0, 0.05) is 15.6 Å². The van der Waals surface area contributed by atoms with Crippen LogP contribution in [0, 0.1) is 5.82 Å². The minimum absolute atomic E-state index is 0.211. The average molecular weight is 392 g/mol. The molecule has 0 saturated heterocycles. The fourth-order valence-electron chi connectivity index (χ4n) is 1.81. The van der Waals surface area contributed by atoms with Gasteiger partial charge in [0.2, 0.25) is 10.0 Å². The molecule has 0 atom stereocenters. The van der Waals surface area contributed by atoms with Crippen LogP contribution < -0.4 is 4.72 Å². The van der Waals surface area contributed by atoms with E-state index >= 15 is 0 Å². The molecule has 5 nitrogen and oxygen atoms in total. The number of nitrogens with one attached hydrogen (secondary N) is 1. The van der Waals surface area contributed by atoms with E-state index in [9.17, 15) is 17.6 Å². The summed E-state index contributed by atoms with van der Waals surface area (Å²) >= 11 is 11.7. The molecule has 0 aromatic heterocycles. The van der Waals surface area contributed by atoms with Gasteiger partial charge in [0.1, 0.15) is 12.4 Å². The summed E-state index contributed by atoms with van der Waals surface area (Å²) < 4.78 is 44.3. The van der Waals surface area contributed by atoms with E-state index in [1.54, 1.807) is 12.1 Å². The topological polar surface area (TPSA) is 72.5 Å². The molecule has 128 valence electrons. The molecule has 0 saturated carbocycles. The third kappa shape index (κ3) is 4.24. The van der Waals surface area contributed by atoms with Crippen molar-refractivity contribution in [2.24, 2.45) is 0 Å². The summed E-state index contributed by atoms with van der Waals surface area (Å²) in [7, 11) is -2.60. The fraction of sp³-hybridized carbons (Fsp3) is 0.133. The Morgan fingerprint density at radius 2 is 1.92 bits per heavy atom. The molecule has 2 rings (SSSR count). The Hall–Kier alpha value is -1.67. The number of ether oxygens (including phenoxy) is 1. The predicted molar refractivity (Wildman–Crippen MR) is 88.2 cm³/mol. The molecule has 0 fully saturated rings. The zero-order valence-corrected chi connectivity index (χ0v) is 14.7. The minimum atomic E-state index is -3.81. The molecule has 9 heteroatoms. The quantitative estimate of drug-likeness (QED) is 0.792. The lowest BCUT2D eigenvalue weighted by Gasteiger charge is -2.09. The second-order valence-electron chi connectivity index (χ2n) is 4.66. The Kier molecular flexibility index (Phi) is 5.82. The number of halogens is 3. The highest BCUT2D eigenvalue weighted by Gasteiger charge is 2.19. The molecule has 0 amide bonds. The van der Waals surface area contributed by atoms with E-state index in [1.807, 2.05) is 0 Å². The number of rotatable bonds is 5.